The van der Waals surface area contributed by atoms with Crippen molar-refractivity contribution in [3.8, 4) is 17.2 Å². The maximum Gasteiger partial charge on any atom is 0.161 e. The number of rotatable bonds is 8. The van der Waals surface area contributed by atoms with E-state index in [-0.39, 0.29) is 0 Å². The molecule has 0 amide bonds. The van der Waals surface area contributed by atoms with Crippen LogP contribution >= 0.6 is 0 Å². The topological polar surface area (TPSA) is 76.1 Å². The minimum absolute atomic E-state index is 0.562. The first-order valence-electron chi connectivity index (χ1n) is 12.1. The van der Waals surface area contributed by atoms with Crippen molar-refractivity contribution >= 4 is 10.9 Å². The van der Waals surface area contributed by atoms with Gasteiger partial charge in [-0.25, -0.2) is 0 Å². The highest BCUT2D eigenvalue weighted by molar-refractivity contribution is 5.83. The maximum atomic E-state index is 11.1. The summed E-state index contributed by atoms with van der Waals surface area (Å²) in [5, 5.41) is 15.7. The van der Waals surface area contributed by atoms with Crippen molar-refractivity contribution in [2.45, 2.75) is 25.5 Å². The lowest BCUT2D eigenvalue weighted by atomic mass is 9.96. The van der Waals surface area contributed by atoms with E-state index < -0.39 is 6.10 Å². The number of methoxy groups -OCH3 is 1. The number of piperidine rings is 1. The van der Waals surface area contributed by atoms with Crippen molar-refractivity contribution in [1.29, 1.82) is 0 Å². The summed E-state index contributed by atoms with van der Waals surface area (Å²) in [7, 11) is 1.66. The van der Waals surface area contributed by atoms with Gasteiger partial charge in [0.1, 0.15) is 19.0 Å². The number of aliphatic hydroxyl groups excluding tert-OH is 1. The molecule has 180 valence electrons. The molecular weight excluding hydrogens is 430 g/mol. The number of aliphatic hydroxyl groups is 1. The molecule has 0 bridgehead atoms. The minimum atomic E-state index is -0.568. The largest absolute Gasteiger partial charge is 0.497 e. The molecule has 0 radical (unpaired) electrons. The van der Waals surface area contributed by atoms with E-state index in [1.54, 1.807) is 13.3 Å². The zero-order chi connectivity index (χ0) is 23.3. The maximum absolute atomic E-state index is 11.1. The van der Waals surface area contributed by atoms with Crippen molar-refractivity contribution in [3.05, 3.63) is 59.8 Å². The van der Waals surface area contributed by atoms with Crippen molar-refractivity contribution in [3.63, 3.8) is 0 Å². The highest BCUT2D eigenvalue weighted by Crippen LogP contribution is 2.31. The van der Waals surface area contributed by atoms with Crippen molar-refractivity contribution in [2.24, 2.45) is 5.92 Å². The number of ether oxygens (including phenoxy) is 3. The van der Waals surface area contributed by atoms with Gasteiger partial charge in [-0.05, 0) is 79.4 Å². The predicted molar refractivity (Wildman–Crippen MR) is 132 cm³/mol. The van der Waals surface area contributed by atoms with Gasteiger partial charge in [-0.15, -0.1) is 0 Å². The Balaban J connectivity index is 1.15. The lowest BCUT2D eigenvalue weighted by Crippen LogP contribution is -2.41. The van der Waals surface area contributed by atoms with E-state index in [0.29, 0.717) is 25.7 Å². The molecule has 7 nitrogen and oxygen atoms in total. The fraction of sp³-hybridized carbons (Fsp3) is 0.444. The van der Waals surface area contributed by atoms with Crippen molar-refractivity contribution in [2.75, 3.05) is 46.5 Å². The normalized spacial score (nSPS) is 19.2. The van der Waals surface area contributed by atoms with E-state index in [2.05, 4.69) is 27.3 Å². The average Bonchev–Trinajstić information content (AvgIpc) is 2.88. The zero-order valence-corrected chi connectivity index (χ0v) is 19.7. The highest BCUT2D eigenvalue weighted by Gasteiger charge is 2.23. The van der Waals surface area contributed by atoms with Gasteiger partial charge in [-0.2, -0.15) is 0 Å². The van der Waals surface area contributed by atoms with Crippen LogP contribution in [0.5, 0.6) is 17.2 Å². The number of benzene rings is 2. The van der Waals surface area contributed by atoms with Crippen LogP contribution < -0.4 is 19.5 Å². The number of hydrogen-bond donors (Lipinski definition) is 2. The molecule has 3 heterocycles. The first-order valence-corrected chi connectivity index (χ1v) is 12.1. The molecule has 7 heteroatoms. The first kappa shape index (κ1) is 22.9. The molecule has 5 rings (SSSR count). The summed E-state index contributed by atoms with van der Waals surface area (Å²) in [5.41, 5.74) is 2.98. The van der Waals surface area contributed by atoms with Gasteiger partial charge < -0.3 is 29.5 Å². The summed E-state index contributed by atoms with van der Waals surface area (Å²) < 4.78 is 16.7. The molecule has 2 aliphatic rings. The van der Waals surface area contributed by atoms with Crippen LogP contribution in [0, 0.1) is 5.92 Å². The lowest BCUT2D eigenvalue weighted by molar-refractivity contribution is 0.0849. The Bertz CT molecular complexity index is 1120. The summed E-state index contributed by atoms with van der Waals surface area (Å²) in [6.07, 6.45) is 3.56. The zero-order valence-electron chi connectivity index (χ0n) is 19.7. The van der Waals surface area contributed by atoms with Gasteiger partial charge in [0.15, 0.2) is 11.5 Å². The highest BCUT2D eigenvalue weighted by atomic mass is 16.6. The molecule has 2 aliphatic heterocycles. The second-order valence-electron chi connectivity index (χ2n) is 9.18. The van der Waals surface area contributed by atoms with E-state index in [4.69, 9.17) is 14.2 Å². The molecule has 2 atom stereocenters. The fourth-order valence-corrected chi connectivity index (χ4v) is 5.01. The predicted octanol–water partition coefficient (Wildman–Crippen LogP) is 3.55. The molecule has 34 heavy (non-hydrogen) atoms. The Kier molecular flexibility index (Phi) is 7.13. The third kappa shape index (κ3) is 5.27. The van der Waals surface area contributed by atoms with Crippen LogP contribution in [0.3, 0.4) is 0 Å². The summed E-state index contributed by atoms with van der Waals surface area (Å²) in [6.45, 7) is 5.60. The molecule has 1 fully saturated rings. The van der Waals surface area contributed by atoms with Gasteiger partial charge in [0.05, 0.1) is 18.7 Å². The monoisotopic (exact) mass is 463 g/mol. The number of nitrogens with one attached hydrogen (secondary N) is 1. The third-order valence-corrected chi connectivity index (χ3v) is 6.74. The molecule has 0 unspecified atom stereocenters. The van der Waals surface area contributed by atoms with Gasteiger partial charge in [-0.1, -0.05) is 6.07 Å². The summed E-state index contributed by atoms with van der Waals surface area (Å²) in [5.74, 6) is 3.00. The summed E-state index contributed by atoms with van der Waals surface area (Å²) >= 11 is 0. The number of nitrogens with zero attached hydrogens (tertiary/aromatic N) is 2. The van der Waals surface area contributed by atoms with Crippen LogP contribution in [-0.2, 0) is 6.54 Å². The smallest absolute Gasteiger partial charge is 0.161 e. The molecule has 3 aromatic rings. The SMILES string of the molecule is COc1ccc2nccc([C@@H](O)CN3CCC[C@@H](CNCc4ccc5c(c4)OCCO5)C3)c2c1. The van der Waals surface area contributed by atoms with Gasteiger partial charge in [0.25, 0.3) is 0 Å². The number of fused-ring (bicyclic) bond motifs is 2. The molecule has 0 saturated carbocycles. The van der Waals surface area contributed by atoms with E-state index in [1.807, 2.05) is 30.3 Å². The molecule has 2 aromatic carbocycles. The lowest BCUT2D eigenvalue weighted by Gasteiger charge is -2.34. The van der Waals surface area contributed by atoms with Gasteiger partial charge >= 0.3 is 0 Å². The van der Waals surface area contributed by atoms with E-state index in [0.717, 1.165) is 66.3 Å². The molecule has 2 N–H and O–H groups in total. The average molecular weight is 464 g/mol. The molecule has 1 saturated heterocycles. The fourth-order valence-electron chi connectivity index (χ4n) is 5.01. The van der Waals surface area contributed by atoms with Gasteiger partial charge in [0, 0.05) is 31.2 Å². The second kappa shape index (κ2) is 10.6. The Morgan fingerprint density at radius 3 is 2.91 bits per heavy atom. The second-order valence-corrected chi connectivity index (χ2v) is 9.18. The molecule has 0 spiro atoms. The van der Waals surface area contributed by atoms with E-state index in [9.17, 15) is 5.11 Å². The van der Waals surface area contributed by atoms with Crippen molar-refractivity contribution < 1.29 is 19.3 Å². The minimum Gasteiger partial charge on any atom is -0.497 e. The molecule has 1 aromatic heterocycles. The summed E-state index contributed by atoms with van der Waals surface area (Å²) in [6, 6.07) is 13.9. The van der Waals surface area contributed by atoms with Crippen LogP contribution in [-0.4, -0.2) is 61.5 Å². The number of hydrogen-bond acceptors (Lipinski definition) is 7. The Morgan fingerprint density at radius 2 is 2.03 bits per heavy atom. The number of β-amino-alcohol motifs (C(OH)–C–C–N with tert-alkyl or cyclic N) is 1. The van der Waals surface area contributed by atoms with Gasteiger partial charge in [-0.3, -0.25) is 4.98 Å². The Morgan fingerprint density at radius 1 is 1.15 bits per heavy atom. The Labute approximate surface area is 200 Å². The third-order valence-electron chi connectivity index (χ3n) is 6.74. The van der Waals surface area contributed by atoms with Gasteiger partial charge in [0.2, 0.25) is 0 Å². The van der Waals surface area contributed by atoms with E-state index >= 15 is 0 Å². The molecule has 0 aliphatic carbocycles. The quantitative estimate of drug-likeness (QED) is 0.529. The number of pyridine rings is 1. The van der Waals surface area contributed by atoms with Crippen LogP contribution in [0.2, 0.25) is 0 Å². The number of likely N-dealkylation sites (tertiary alicyclic amines) is 1. The molecular formula is C27H33N3O4. The Hall–Kier alpha value is -2.87. The summed E-state index contributed by atoms with van der Waals surface area (Å²) in [4.78, 5) is 6.82. The van der Waals surface area contributed by atoms with E-state index in [1.165, 1.54) is 12.0 Å². The standard InChI is InChI=1S/C27H33N3O4/c1-32-21-5-6-24-23(14-21)22(8-9-29-24)25(31)18-30-10-2-3-20(17-30)16-28-15-19-4-7-26-27(13-19)34-12-11-33-26/h4-9,13-14,20,25,28,31H,2-3,10-12,15-18H2,1H3/t20-,25-/m0/s1. The van der Waals surface area contributed by atoms with Crippen LogP contribution in [0.4, 0.5) is 0 Å². The van der Waals surface area contributed by atoms with Crippen LogP contribution in [0.25, 0.3) is 10.9 Å². The van der Waals surface area contributed by atoms with Crippen LogP contribution in [0.1, 0.15) is 30.1 Å². The first-order chi connectivity index (χ1) is 16.7. The van der Waals surface area contributed by atoms with Crippen molar-refractivity contribution in [1.82, 2.24) is 15.2 Å². The number of aromatic nitrogens is 1. The van der Waals surface area contributed by atoms with Crippen LogP contribution in [0.15, 0.2) is 48.7 Å².